The van der Waals surface area contributed by atoms with Crippen molar-refractivity contribution in [1.82, 2.24) is 0 Å². The first-order chi connectivity index (χ1) is 13.6. The van der Waals surface area contributed by atoms with Crippen LogP contribution in [0.3, 0.4) is 0 Å². The van der Waals surface area contributed by atoms with E-state index in [1.54, 1.807) is 42.5 Å². The number of hydrogen-bond acceptors (Lipinski definition) is 4. The van der Waals surface area contributed by atoms with Crippen molar-refractivity contribution in [2.75, 3.05) is 42.5 Å². The summed E-state index contributed by atoms with van der Waals surface area (Å²) in [5.74, 6) is 2.52. The molecule has 0 bridgehead atoms. The third kappa shape index (κ3) is 4.91. The van der Waals surface area contributed by atoms with E-state index in [4.69, 9.17) is 18.9 Å². The molecule has 0 amide bonds. The molecule has 6 heteroatoms. The highest BCUT2D eigenvalue weighted by Gasteiger charge is 2.12. The van der Waals surface area contributed by atoms with Crippen LogP contribution >= 0.6 is 0 Å². The summed E-state index contributed by atoms with van der Waals surface area (Å²) < 4.78 is 21.4. The lowest BCUT2D eigenvalue weighted by Crippen LogP contribution is -1.96. The zero-order valence-corrected chi connectivity index (χ0v) is 17.1. The van der Waals surface area contributed by atoms with Crippen LogP contribution in [0.4, 0.5) is 0 Å². The lowest BCUT2D eigenvalue weighted by molar-refractivity contribution is 0.324. The van der Waals surface area contributed by atoms with E-state index in [1.807, 2.05) is 48.6 Å². The van der Waals surface area contributed by atoms with E-state index in [9.17, 15) is 0 Å². The van der Waals surface area contributed by atoms with Gasteiger partial charge in [0.2, 0.25) is 5.75 Å². The second-order valence-electron chi connectivity index (χ2n) is 5.74. The first kappa shape index (κ1) is 21.0. The van der Waals surface area contributed by atoms with E-state index in [1.165, 1.54) is 0 Å². The Balaban J connectivity index is 2.46. The largest absolute Gasteiger partial charge is 0.688 e. The van der Waals surface area contributed by atoms with Gasteiger partial charge in [-0.3, -0.25) is 0 Å². The summed E-state index contributed by atoms with van der Waals surface area (Å²) in [6, 6.07) is 11.5. The molecule has 0 aromatic heterocycles. The molecule has 0 aliphatic rings. The molecule has 0 atom stereocenters. The van der Waals surface area contributed by atoms with Gasteiger partial charge in [0.15, 0.2) is 11.5 Å². The molecule has 0 radical (unpaired) electrons. The third-order valence-electron chi connectivity index (χ3n) is 4.15. The van der Waals surface area contributed by atoms with Crippen LogP contribution < -0.4 is 18.9 Å². The molecule has 0 aliphatic heterocycles. The summed E-state index contributed by atoms with van der Waals surface area (Å²) in [5, 5.41) is 8.79. The number of ether oxygens (including phenoxy) is 4. The molecule has 2 aromatic carbocycles. The molecule has 0 aliphatic carbocycles. The molecule has 0 unspecified atom stereocenters. The number of rotatable bonds is 9. The van der Waals surface area contributed by atoms with Crippen molar-refractivity contribution in [2.45, 2.75) is 0 Å². The fraction of sp³-hybridized carbons (Fsp3) is 0.273. The minimum Gasteiger partial charge on any atom is -0.688 e. The summed E-state index contributed by atoms with van der Waals surface area (Å²) in [4.78, 5) is 0. The van der Waals surface area contributed by atoms with Crippen LogP contribution in [0, 0.1) is 0 Å². The average Bonchev–Trinajstić information content (AvgIpc) is 2.75. The van der Waals surface area contributed by atoms with Gasteiger partial charge in [0.1, 0.15) is 5.75 Å². The van der Waals surface area contributed by atoms with Crippen LogP contribution in [0.2, 0.25) is 0 Å². The Labute approximate surface area is 166 Å². The molecule has 0 saturated carbocycles. The molecule has 150 valence electrons. The monoisotopic (exact) mass is 382 g/mol. The summed E-state index contributed by atoms with van der Waals surface area (Å²) in [6.45, 7) is 0. The van der Waals surface area contributed by atoms with Crippen molar-refractivity contribution in [1.29, 1.82) is 0 Å². The minimum absolute atomic E-state index is 0.548. The summed E-state index contributed by atoms with van der Waals surface area (Å²) >= 11 is 0. The van der Waals surface area contributed by atoms with Gasteiger partial charge in [-0.05, 0) is 35.4 Å². The number of benzene rings is 2. The number of nitrogens with zero attached hydrogens (tertiary/aromatic N) is 2. The Hall–Kier alpha value is -3.28. The van der Waals surface area contributed by atoms with Gasteiger partial charge in [-0.15, -0.1) is 14.1 Å². The maximum absolute atomic E-state index is 5.42. The van der Waals surface area contributed by atoms with Gasteiger partial charge in [-0.2, -0.15) is 11.4 Å². The lowest BCUT2D eigenvalue weighted by atomic mass is 10.1. The van der Waals surface area contributed by atoms with Gasteiger partial charge >= 0.3 is 0 Å². The summed E-state index contributed by atoms with van der Waals surface area (Å²) in [5.41, 5.74) is 3.34. The minimum atomic E-state index is 0.548. The van der Waals surface area contributed by atoms with Gasteiger partial charge in [0.25, 0.3) is 0 Å². The van der Waals surface area contributed by atoms with Crippen LogP contribution in [-0.2, 0) is 0 Å². The standard InChI is InChI=1S/C22H26N2O4/c1-23-18(11-15-7-9-17(25-3)10-8-15)19(24-2)12-16-13-20(26-4)22(28-6)21(14-16)27-5/h7-14H,1-6H3/q-2. The Morgan fingerprint density at radius 1 is 0.679 bits per heavy atom. The predicted octanol–water partition coefficient (Wildman–Crippen LogP) is 5.11. The van der Waals surface area contributed by atoms with Gasteiger partial charge in [0.05, 0.1) is 28.4 Å². The summed E-state index contributed by atoms with van der Waals surface area (Å²) in [6.07, 6.45) is 3.89. The van der Waals surface area contributed by atoms with Crippen molar-refractivity contribution in [2.24, 2.45) is 0 Å². The third-order valence-corrected chi connectivity index (χ3v) is 4.15. The van der Waals surface area contributed by atoms with Gasteiger partial charge in [-0.1, -0.05) is 24.3 Å². The van der Waals surface area contributed by atoms with E-state index in [0.29, 0.717) is 17.2 Å². The van der Waals surface area contributed by atoms with E-state index < -0.39 is 0 Å². The van der Waals surface area contributed by atoms with Gasteiger partial charge in [0, 0.05) is 0 Å². The zero-order valence-electron chi connectivity index (χ0n) is 17.1. The van der Waals surface area contributed by atoms with Gasteiger partial charge < -0.3 is 29.6 Å². The molecule has 28 heavy (non-hydrogen) atoms. The molecule has 0 fully saturated rings. The Kier molecular flexibility index (Phi) is 7.63. The Morgan fingerprint density at radius 2 is 1.18 bits per heavy atom. The quantitative estimate of drug-likeness (QED) is 0.565. The smallest absolute Gasteiger partial charge is 0.203 e. The molecular weight excluding hydrogens is 356 g/mol. The maximum atomic E-state index is 5.42. The first-order valence-electron chi connectivity index (χ1n) is 8.67. The highest BCUT2D eigenvalue weighted by Crippen LogP contribution is 2.39. The normalized spacial score (nSPS) is 11.6. The fourth-order valence-electron chi connectivity index (χ4n) is 2.71. The van der Waals surface area contributed by atoms with Crippen molar-refractivity contribution in [3.05, 3.63) is 69.6 Å². The first-order valence-corrected chi connectivity index (χ1v) is 8.67. The van der Waals surface area contributed by atoms with E-state index in [-0.39, 0.29) is 0 Å². The Morgan fingerprint density at radius 3 is 1.57 bits per heavy atom. The fourth-order valence-corrected chi connectivity index (χ4v) is 2.71. The van der Waals surface area contributed by atoms with E-state index in [0.717, 1.165) is 28.3 Å². The molecule has 2 rings (SSSR count). The molecule has 0 saturated heterocycles. The van der Waals surface area contributed by atoms with Crippen molar-refractivity contribution in [3.63, 3.8) is 0 Å². The average molecular weight is 382 g/mol. The van der Waals surface area contributed by atoms with E-state index >= 15 is 0 Å². The number of likely N-dealkylation sites (N-methyl/N-ethyl adjacent to an activating group) is 2. The van der Waals surface area contributed by atoms with Crippen LogP contribution in [0.5, 0.6) is 23.0 Å². The molecular formula is C22H26N2O4-2. The second-order valence-corrected chi connectivity index (χ2v) is 5.74. The van der Waals surface area contributed by atoms with Crippen molar-refractivity contribution in [3.8, 4) is 23.0 Å². The zero-order chi connectivity index (χ0) is 20.5. The summed E-state index contributed by atoms with van der Waals surface area (Å²) in [7, 11) is 9.87. The number of methoxy groups -OCH3 is 4. The SMILES string of the molecule is C[N-]C(=Cc1ccc(OC)cc1)C(=Cc1cc(OC)c(OC)c(OC)c1)[N-]C. The number of hydrogen-bond donors (Lipinski definition) is 0. The van der Waals surface area contributed by atoms with Crippen LogP contribution in [0.1, 0.15) is 11.1 Å². The van der Waals surface area contributed by atoms with Crippen LogP contribution in [-0.4, -0.2) is 42.5 Å². The van der Waals surface area contributed by atoms with Crippen molar-refractivity contribution >= 4 is 12.2 Å². The van der Waals surface area contributed by atoms with E-state index in [2.05, 4.69) is 10.6 Å². The van der Waals surface area contributed by atoms with Crippen LogP contribution in [0.25, 0.3) is 22.8 Å². The van der Waals surface area contributed by atoms with Crippen molar-refractivity contribution < 1.29 is 18.9 Å². The second kappa shape index (κ2) is 10.2. The molecule has 0 spiro atoms. The maximum Gasteiger partial charge on any atom is 0.203 e. The molecule has 6 nitrogen and oxygen atoms in total. The predicted molar refractivity (Wildman–Crippen MR) is 114 cm³/mol. The van der Waals surface area contributed by atoms with Crippen LogP contribution in [0.15, 0.2) is 47.8 Å². The molecule has 0 N–H and O–H groups in total. The lowest BCUT2D eigenvalue weighted by Gasteiger charge is -2.32. The highest BCUT2D eigenvalue weighted by molar-refractivity contribution is 5.73. The highest BCUT2D eigenvalue weighted by atomic mass is 16.5. The molecule has 0 heterocycles. The topological polar surface area (TPSA) is 65.1 Å². The Bertz CT molecular complexity index is 817. The van der Waals surface area contributed by atoms with Gasteiger partial charge in [-0.25, -0.2) is 0 Å². The molecule has 2 aromatic rings.